The highest BCUT2D eigenvalue weighted by atomic mass is 32.1. The van der Waals surface area contributed by atoms with Crippen LogP contribution in [-0.2, 0) is 0 Å². The fourth-order valence-corrected chi connectivity index (χ4v) is 3.33. The van der Waals surface area contributed by atoms with Gasteiger partial charge in [-0.05, 0) is 37.6 Å². The van der Waals surface area contributed by atoms with Crippen molar-refractivity contribution in [2.24, 2.45) is 5.92 Å². The lowest BCUT2D eigenvalue weighted by atomic mass is 9.94. The molecule has 4 heteroatoms. The van der Waals surface area contributed by atoms with E-state index in [4.69, 9.17) is 0 Å². The molecule has 1 saturated heterocycles. The molecule has 2 rings (SSSR count). The van der Waals surface area contributed by atoms with Crippen molar-refractivity contribution in [3.05, 3.63) is 22.4 Å². The number of carbonyl (C=O) groups is 1. The van der Waals surface area contributed by atoms with E-state index in [0.717, 1.165) is 24.4 Å². The van der Waals surface area contributed by atoms with Crippen molar-refractivity contribution in [2.45, 2.75) is 45.7 Å². The molecular weight excluding hydrogens is 256 g/mol. The van der Waals surface area contributed by atoms with Crippen LogP contribution in [-0.4, -0.2) is 35.5 Å². The molecule has 0 bridgehead atoms. The van der Waals surface area contributed by atoms with Crippen LogP contribution in [0.4, 0.5) is 0 Å². The molecule has 1 aromatic heterocycles. The summed E-state index contributed by atoms with van der Waals surface area (Å²) in [5, 5.41) is 5.52. The zero-order valence-corrected chi connectivity index (χ0v) is 13.1. The summed E-state index contributed by atoms with van der Waals surface area (Å²) >= 11 is 1.53. The van der Waals surface area contributed by atoms with E-state index < -0.39 is 0 Å². The average molecular weight is 280 g/mol. The Morgan fingerprint density at radius 3 is 2.89 bits per heavy atom. The van der Waals surface area contributed by atoms with Gasteiger partial charge in [-0.2, -0.15) is 0 Å². The van der Waals surface area contributed by atoms with Crippen molar-refractivity contribution >= 4 is 17.2 Å². The van der Waals surface area contributed by atoms with E-state index >= 15 is 0 Å². The summed E-state index contributed by atoms with van der Waals surface area (Å²) in [7, 11) is 0. The van der Waals surface area contributed by atoms with E-state index in [2.05, 4.69) is 37.9 Å². The van der Waals surface area contributed by atoms with Crippen LogP contribution in [0, 0.1) is 5.92 Å². The molecule has 0 radical (unpaired) electrons. The predicted molar refractivity (Wildman–Crippen MR) is 80.7 cm³/mol. The number of amides is 1. The molecule has 1 aromatic rings. The lowest BCUT2D eigenvalue weighted by Crippen LogP contribution is -2.63. The lowest BCUT2D eigenvalue weighted by molar-refractivity contribution is 0.0473. The molecule has 19 heavy (non-hydrogen) atoms. The van der Waals surface area contributed by atoms with Crippen LogP contribution >= 0.6 is 11.3 Å². The second-order valence-corrected chi connectivity index (χ2v) is 7.41. The van der Waals surface area contributed by atoms with Crippen LogP contribution in [0.3, 0.4) is 0 Å². The monoisotopic (exact) mass is 280 g/mol. The Hall–Kier alpha value is -0.870. The smallest absolute Gasteiger partial charge is 0.264 e. The summed E-state index contributed by atoms with van der Waals surface area (Å²) in [4.78, 5) is 15.6. The minimum Gasteiger partial charge on any atom is -0.332 e. The van der Waals surface area contributed by atoms with Gasteiger partial charge in [-0.15, -0.1) is 11.3 Å². The average Bonchev–Trinajstić information content (AvgIpc) is 2.83. The van der Waals surface area contributed by atoms with Crippen LogP contribution in [0.15, 0.2) is 17.5 Å². The molecular formula is C15H24N2OS. The van der Waals surface area contributed by atoms with E-state index in [-0.39, 0.29) is 11.4 Å². The number of carbonyl (C=O) groups excluding carboxylic acids is 1. The number of nitrogens with one attached hydrogen (secondary N) is 1. The maximum atomic E-state index is 12.6. The van der Waals surface area contributed by atoms with E-state index in [1.165, 1.54) is 11.3 Å². The predicted octanol–water partition coefficient (Wildman–Crippen LogP) is 2.99. The van der Waals surface area contributed by atoms with Crippen molar-refractivity contribution < 1.29 is 4.79 Å². The molecule has 1 aliphatic rings. The summed E-state index contributed by atoms with van der Waals surface area (Å²) in [6, 6.07) is 4.18. The zero-order chi connectivity index (χ0) is 14.0. The van der Waals surface area contributed by atoms with E-state index in [0.29, 0.717) is 12.0 Å². The van der Waals surface area contributed by atoms with Gasteiger partial charge in [0.05, 0.1) is 4.88 Å². The van der Waals surface area contributed by atoms with Crippen molar-refractivity contribution in [3.63, 3.8) is 0 Å². The minimum atomic E-state index is 0.000396. The number of hydrogen-bond acceptors (Lipinski definition) is 3. The largest absolute Gasteiger partial charge is 0.332 e. The first-order valence-corrected chi connectivity index (χ1v) is 7.86. The maximum absolute atomic E-state index is 12.6. The molecule has 0 spiro atoms. The topological polar surface area (TPSA) is 32.3 Å². The van der Waals surface area contributed by atoms with Gasteiger partial charge in [-0.1, -0.05) is 19.9 Å². The molecule has 1 atom stereocenters. The maximum Gasteiger partial charge on any atom is 0.264 e. The van der Waals surface area contributed by atoms with Crippen molar-refractivity contribution in [3.8, 4) is 0 Å². The summed E-state index contributed by atoms with van der Waals surface area (Å²) < 4.78 is 0. The zero-order valence-electron chi connectivity index (χ0n) is 12.3. The van der Waals surface area contributed by atoms with Crippen molar-refractivity contribution in [2.75, 3.05) is 13.1 Å². The van der Waals surface area contributed by atoms with Gasteiger partial charge in [-0.3, -0.25) is 4.79 Å². The van der Waals surface area contributed by atoms with Crippen LogP contribution < -0.4 is 5.32 Å². The molecule has 0 aromatic carbocycles. The number of nitrogens with zero attached hydrogens (tertiary/aromatic N) is 1. The summed E-state index contributed by atoms with van der Waals surface area (Å²) in [5.41, 5.74) is 0.000396. The first-order chi connectivity index (χ1) is 8.89. The molecule has 1 N–H and O–H groups in total. The van der Waals surface area contributed by atoms with E-state index in [1.807, 2.05) is 17.5 Å². The summed E-state index contributed by atoms with van der Waals surface area (Å²) in [6.07, 6.45) is 1.06. The Morgan fingerprint density at radius 2 is 2.32 bits per heavy atom. The molecule has 0 aliphatic carbocycles. The fraction of sp³-hybridized carbons (Fsp3) is 0.667. The van der Waals surface area contributed by atoms with E-state index in [9.17, 15) is 4.79 Å². The molecule has 2 heterocycles. The molecule has 1 unspecified atom stereocenters. The third-order valence-corrected chi connectivity index (χ3v) is 4.42. The number of hydrogen-bond donors (Lipinski definition) is 1. The lowest BCUT2D eigenvalue weighted by Gasteiger charge is -2.45. The second-order valence-electron chi connectivity index (χ2n) is 6.46. The molecule has 3 nitrogen and oxygen atoms in total. The minimum absolute atomic E-state index is 0.000396. The highest BCUT2D eigenvalue weighted by Crippen LogP contribution is 2.23. The van der Waals surface area contributed by atoms with E-state index in [1.54, 1.807) is 0 Å². The first-order valence-electron chi connectivity index (χ1n) is 6.98. The quantitative estimate of drug-likeness (QED) is 0.923. The molecule has 106 valence electrons. The number of rotatable bonds is 3. The van der Waals surface area contributed by atoms with Gasteiger partial charge in [0.2, 0.25) is 0 Å². The summed E-state index contributed by atoms with van der Waals surface area (Å²) in [6.45, 7) is 10.4. The third kappa shape index (κ3) is 3.57. The van der Waals surface area contributed by atoms with Crippen LogP contribution in [0.1, 0.15) is 43.8 Å². The standard InChI is InChI=1S/C15H24N2OS/c1-11(2)8-12-9-16-15(3,4)10-17(12)14(18)13-6-5-7-19-13/h5-7,11-12,16H,8-10H2,1-4H3. The van der Waals surface area contributed by atoms with Crippen molar-refractivity contribution in [1.29, 1.82) is 0 Å². The van der Waals surface area contributed by atoms with Gasteiger partial charge in [0.1, 0.15) is 0 Å². The summed E-state index contributed by atoms with van der Waals surface area (Å²) in [5.74, 6) is 0.793. The van der Waals surface area contributed by atoms with Gasteiger partial charge < -0.3 is 10.2 Å². The SMILES string of the molecule is CC(C)CC1CNC(C)(C)CN1C(=O)c1cccs1. The first kappa shape index (κ1) is 14.5. The highest BCUT2D eigenvalue weighted by Gasteiger charge is 2.36. The van der Waals surface area contributed by atoms with Gasteiger partial charge >= 0.3 is 0 Å². The fourth-order valence-electron chi connectivity index (χ4n) is 2.65. The van der Waals surface area contributed by atoms with Gasteiger partial charge in [0.25, 0.3) is 5.91 Å². The Morgan fingerprint density at radius 1 is 1.58 bits per heavy atom. The normalized spacial score (nSPS) is 22.8. The van der Waals surface area contributed by atoms with Gasteiger partial charge in [0, 0.05) is 24.7 Å². The van der Waals surface area contributed by atoms with Crippen molar-refractivity contribution in [1.82, 2.24) is 10.2 Å². The highest BCUT2D eigenvalue weighted by molar-refractivity contribution is 7.12. The molecule has 1 aliphatic heterocycles. The number of thiophene rings is 1. The van der Waals surface area contributed by atoms with Crippen LogP contribution in [0.2, 0.25) is 0 Å². The third-order valence-electron chi connectivity index (χ3n) is 3.56. The number of piperazine rings is 1. The molecule has 1 amide bonds. The molecule has 1 fully saturated rings. The Kier molecular flexibility index (Phi) is 4.31. The van der Waals surface area contributed by atoms with Gasteiger partial charge in [0.15, 0.2) is 0 Å². The van der Waals surface area contributed by atoms with Crippen LogP contribution in [0.5, 0.6) is 0 Å². The Labute approximate surface area is 120 Å². The second kappa shape index (κ2) is 5.63. The molecule has 0 saturated carbocycles. The Balaban J connectivity index is 2.17. The Bertz CT molecular complexity index is 425. The van der Waals surface area contributed by atoms with Crippen LogP contribution in [0.25, 0.3) is 0 Å². The van der Waals surface area contributed by atoms with Gasteiger partial charge in [-0.25, -0.2) is 0 Å².